The standard InChI is InChI=1S/C13F26N/c14-1(10(30,31)32)2(15,16)5(21,22)9(29,6(23,24)3(1,17)18)40(13(37,38)39)11(33,34)7(25,26)4(19,20)8(27,28)12(40,35)36/q+1. The van der Waals surface area contributed by atoms with Gasteiger partial charge in [0.1, 0.15) is 0 Å². The van der Waals surface area contributed by atoms with Gasteiger partial charge in [-0.15, -0.1) is 30.7 Å². The van der Waals surface area contributed by atoms with Crippen molar-refractivity contribution in [3.05, 3.63) is 0 Å². The lowest BCUT2D eigenvalue weighted by atomic mass is 9.67. The van der Waals surface area contributed by atoms with E-state index in [9.17, 15) is 110 Å². The molecule has 0 unspecified atom stereocenters. The zero-order valence-electron chi connectivity index (χ0n) is 16.8. The van der Waals surface area contributed by atoms with Crippen molar-refractivity contribution in [3.63, 3.8) is 0 Å². The first-order valence-electron chi connectivity index (χ1n) is 8.56. The van der Waals surface area contributed by atoms with E-state index < -0.39 is 82.0 Å². The molecule has 2 fully saturated rings. The van der Waals surface area contributed by atoms with Gasteiger partial charge in [-0.2, -0.15) is 79.0 Å². The van der Waals surface area contributed by atoms with Gasteiger partial charge in [-0.25, -0.2) is 4.39 Å². The first kappa shape index (κ1) is 34.3. The topological polar surface area (TPSA) is 0 Å². The number of nitrogens with zero attached hydrogens (tertiary/aromatic N) is 1. The Morgan fingerprint density at radius 2 is 0.575 bits per heavy atom. The molecular formula is C13F26N+. The lowest BCUT2D eigenvalue weighted by Crippen LogP contribution is -3.03. The summed E-state index contributed by atoms with van der Waals surface area (Å²) in [4.78, 5) is 0. The van der Waals surface area contributed by atoms with Gasteiger partial charge in [-0.3, -0.25) is 0 Å². The monoisotopic (exact) mass is 664 g/mol. The Bertz CT molecular complexity index is 997. The van der Waals surface area contributed by atoms with Crippen LogP contribution in [0.1, 0.15) is 0 Å². The van der Waals surface area contributed by atoms with Crippen molar-refractivity contribution in [3.8, 4) is 0 Å². The first-order valence-corrected chi connectivity index (χ1v) is 8.56. The quantitative estimate of drug-likeness (QED) is 0.152. The van der Waals surface area contributed by atoms with Crippen molar-refractivity contribution >= 4 is 0 Å². The fraction of sp³-hybridized carbons (Fsp3) is 1.00. The summed E-state index contributed by atoms with van der Waals surface area (Å²) in [5, 5.41) is 0. The molecule has 40 heavy (non-hydrogen) atoms. The van der Waals surface area contributed by atoms with Crippen LogP contribution in [0, 0.1) is 0 Å². The van der Waals surface area contributed by atoms with Gasteiger partial charge in [-0.1, -0.05) is 4.48 Å². The van der Waals surface area contributed by atoms with Crippen LogP contribution in [0.5, 0.6) is 0 Å². The number of piperidine rings is 1. The predicted octanol–water partition coefficient (Wildman–Crippen LogP) is 7.92. The molecule has 0 aromatic carbocycles. The minimum Gasteiger partial charge on any atom is -0.219 e. The van der Waals surface area contributed by atoms with Gasteiger partial charge < -0.3 is 0 Å². The summed E-state index contributed by atoms with van der Waals surface area (Å²) in [7, 11) is 0. The molecule has 2 aliphatic rings. The molecule has 0 aromatic rings. The Balaban J connectivity index is 3.53. The Morgan fingerprint density at radius 3 is 0.775 bits per heavy atom. The SMILES string of the molecule is FC(F)(F)C1(F)C(F)(F)C(F)(F)C(F)([N+]2(C(F)(F)F)C(F)(F)C(F)(F)C(F)(F)C(F)(F)C2(F)F)C(F)(F)C1(F)F. The van der Waals surface area contributed by atoms with E-state index in [0.29, 0.717) is 0 Å². The number of alkyl halides is 26. The minimum atomic E-state index is -10.4. The summed E-state index contributed by atoms with van der Waals surface area (Å²) in [6.45, 7) is 0. The van der Waals surface area contributed by atoms with E-state index in [-0.39, 0.29) is 0 Å². The predicted molar refractivity (Wildman–Crippen MR) is 64.6 cm³/mol. The third kappa shape index (κ3) is 2.52. The molecule has 1 saturated carbocycles. The molecule has 1 aliphatic heterocycles. The van der Waals surface area contributed by atoms with E-state index >= 15 is 4.39 Å². The van der Waals surface area contributed by atoms with E-state index in [1.165, 1.54) is 0 Å². The van der Waals surface area contributed by atoms with Crippen molar-refractivity contribution in [2.45, 2.75) is 77.5 Å². The van der Waals surface area contributed by atoms with E-state index in [1.807, 2.05) is 0 Å². The zero-order valence-corrected chi connectivity index (χ0v) is 16.8. The molecule has 238 valence electrons. The molecule has 1 saturated heterocycles. The number of likely N-dealkylation sites (tertiary alicyclic amines) is 1. The second-order valence-electron chi connectivity index (χ2n) is 8.02. The van der Waals surface area contributed by atoms with Crippen LogP contribution in [-0.2, 0) is 0 Å². The van der Waals surface area contributed by atoms with E-state index in [2.05, 4.69) is 0 Å². The van der Waals surface area contributed by atoms with Crippen molar-refractivity contribution < 1.29 is 119 Å². The number of hydrogen-bond donors (Lipinski definition) is 0. The van der Waals surface area contributed by atoms with Crippen LogP contribution in [0.15, 0.2) is 0 Å². The molecule has 0 aromatic heterocycles. The fourth-order valence-corrected chi connectivity index (χ4v) is 4.07. The second-order valence-corrected chi connectivity index (χ2v) is 8.02. The highest BCUT2D eigenvalue weighted by Crippen LogP contribution is 2.81. The average molecular weight is 664 g/mol. The van der Waals surface area contributed by atoms with Crippen molar-refractivity contribution in [2.75, 3.05) is 0 Å². The molecule has 0 N–H and O–H groups in total. The van der Waals surface area contributed by atoms with Gasteiger partial charge in [0.05, 0.1) is 0 Å². The first-order chi connectivity index (χ1) is 16.8. The fourth-order valence-electron chi connectivity index (χ4n) is 4.07. The highest BCUT2D eigenvalue weighted by Gasteiger charge is 3.19. The van der Waals surface area contributed by atoms with Crippen LogP contribution in [-0.4, -0.2) is 82.0 Å². The Labute approximate surface area is 197 Å². The Kier molecular flexibility index (Phi) is 6.17. The van der Waals surface area contributed by atoms with Crippen molar-refractivity contribution in [1.82, 2.24) is 0 Å². The summed E-state index contributed by atoms with van der Waals surface area (Å²) in [5.74, 6) is -76.8. The summed E-state index contributed by atoms with van der Waals surface area (Å²) < 4.78 is 350. The summed E-state index contributed by atoms with van der Waals surface area (Å²) >= 11 is 0. The van der Waals surface area contributed by atoms with Crippen LogP contribution < -0.4 is 0 Å². The van der Waals surface area contributed by atoms with Crippen LogP contribution in [0.2, 0.25) is 0 Å². The normalized spacial score (nSPS) is 38.0. The van der Waals surface area contributed by atoms with Crippen LogP contribution >= 0.6 is 0 Å². The maximum Gasteiger partial charge on any atom is 0.574 e. The van der Waals surface area contributed by atoms with Gasteiger partial charge in [0.15, 0.2) is 0 Å². The second kappa shape index (κ2) is 7.19. The van der Waals surface area contributed by atoms with Gasteiger partial charge >= 0.3 is 77.5 Å². The van der Waals surface area contributed by atoms with Crippen LogP contribution in [0.3, 0.4) is 0 Å². The number of quaternary nitrogens is 1. The van der Waals surface area contributed by atoms with Crippen LogP contribution in [0.4, 0.5) is 114 Å². The van der Waals surface area contributed by atoms with Gasteiger partial charge in [-0.05, 0) is 0 Å². The highest BCUT2D eigenvalue weighted by molar-refractivity contribution is 5.30. The summed E-state index contributed by atoms with van der Waals surface area (Å²) in [6.07, 6.45) is -18.5. The third-order valence-electron chi connectivity index (χ3n) is 6.11. The number of rotatable bonds is 1. The molecule has 1 aliphatic carbocycles. The minimum absolute atomic E-state index is 8.73. The summed E-state index contributed by atoms with van der Waals surface area (Å²) in [6, 6.07) is -19.8. The van der Waals surface area contributed by atoms with Crippen molar-refractivity contribution in [2.24, 2.45) is 0 Å². The zero-order chi connectivity index (χ0) is 33.0. The molecule has 1 nitrogen and oxygen atoms in total. The maximum absolute atomic E-state index is 15.2. The molecule has 1 heterocycles. The van der Waals surface area contributed by atoms with Crippen LogP contribution in [0.25, 0.3) is 0 Å². The highest BCUT2D eigenvalue weighted by atomic mass is 19.4. The molecule has 2 rings (SSSR count). The Morgan fingerprint density at radius 1 is 0.325 bits per heavy atom. The largest absolute Gasteiger partial charge is 0.574 e. The molecular weight excluding hydrogens is 664 g/mol. The van der Waals surface area contributed by atoms with Gasteiger partial charge in [0.2, 0.25) is 0 Å². The number of hydrogen-bond acceptors (Lipinski definition) is 0. The van der Waals surface area contributed by atoms with Gasteiger partial charge in [0.25, 0.3) is 0 Å². The smallest absolute Gasteiger partial charge is 0.219 e. The van der Waals surface area contributed by atoms with E-state index in [4.69, 9.17) is 0 Å². The average Bonchev–Trinajstić information content (AvgIpc) is 2.68. The maximum atomic E-state index is 15.2. The third-order valence-corrected chi connectivity index (χ3v) is 6.11. The molecule has 0 spiro atoms. The Hall–Kier alpha value is -1.86. The number of halogens is 26. The lowest BCUT2D eigenvalue weighted by Gasteiger charge is -2.64. The molecule has 0 atom stereocenters. The molecule has 0 amide bonds. The van der Waals surface area contributed by atoms with E-state index in [1.54, 1.807) is 0 Å². The summed E-state index contributed by atoms with van der Waals surface area (Å²) in [5.41, 5.74) is -9.21. The molecule has 0 bridgehead atoms. The molecule has 0 radical (unpaired) electrons. The van der Waals surface area contributed by atoms with Crippen molar-refractivity contribution in [1.29, 1.82) is 0 Å². The molecule has 27 heteroatoms. The lowest BCUT2D eigenvalue weighted by molar-refractivity contribution is -1.22. The van der Waals surface area contributed by atoms with Gasteiger partial charge in [0, 0.05) is 0 Å². The van der Waals surface area contributed by atoms with E-state index in [0.717, 1.165) is 0 Å².